The molecule has 0 amide bonds. The van der Waals surface area contributed by atoms with Gasteiger partial charge >= 0.3 is 0 Å². The van der Waals surface area contributed by atoms with Crippen LogP contribution in [0, 0.1) is 10.1 Å². The average Bonchev–Trinajstić information content (AvgIpc) is 2.83. The molecule has 3 aromatic rings. The monoisotopic (exact) mass is 431 g/mol. The first-order valence-electron chi connectivity index (χ1n) is 10.3. The Morgan fingerprint density at radius 2 is 1.66 bits per heavy atom. The number of fused-ring (bicyclic) bond motifs is 6. The highest BCUT2D eigenvalue weighted by Crippen LogP contribution is 2.56. The Hall–Kier alpha value is -3.87. The van der Waals surface area contributed by atoms with Crippen LogP contribution in [0.25, 0.3) is 0 Å². The third kappa shape index (κ3) is 3.09. The molecule has 0 aromatic heterocycles. The predicted molar refractivity (Wildman–Crippen MR) is 117 cm³/mol. The van der Waals surface area contributed by atoms with Crippen LogP contribution in [0.3, 0.4) is 0 Å². The Balaban J connectivity index is 1.71. The Morgan fingerprint density at radius 1 is 0.969 bits per heavy atom. The SMILES string of the molecule is COc1cc2c(cc1OC)[C@@H](C(=O)c1ccccc1)[C@H]1C[C@@H]2Oc2cc([N+](=O)[O-])ccc21. The first-order chi connectivity index (χ1) is 15.5. The van der Waals surface area contributed by atoms with Gasteiger partial charge in [-0.15, -0.1) is 0 Å². The first-order valence-corrected chi connectivity index (χ1v) is 10.3. The largest absolute Gasteiger partial charge is 0.493 e. The minimum absolute atomic E-state index is 0.00581. The molecule has 2 bridgehead atoms. The molecule has 0 spiro atoms. The summed E-state index contributed by atoms with van der Waals surface area (Å²) in [5.74, 6) is 0.876. The van der Waals surface area contributed by atoms with Crippen molar-refractivity contribution < 1.29 is 23.9 Å². The van der Waals surface area contributed by atoms with Crippen molar-refractivity contribution in [2.24, 2.45) is 0 Å². The number of Topliss-reactive ketones (excluding diaryl/α,β-unsaturated/α-hetero) is 1. The van der Waals surface area contributed by atoms with E-state index in [0.717, 1.165) is 16.7 Å². The van der Waals surface area contributed by atoms with Gasteiger partial charge in [0.15, 0.2) is 17.3 Å². The van der Waals surface area contributed by atoms with Crippen LogP contribution in [0.15, 0.2) is 60.7 Å². The summed E-state index contributed by atoms with van der Waals surface area (Å²) in [4.78, 5) is 24.6. The number of non-ortho nitro benzene ring substituents is 1. The van der Waals surface area contributed by atoms with Gasteiger partial charge in [-0.3, -0.25) is 14.9 Å². The maximum atomic E-state index is 13.8. The zero-order valence-electron chi connectivity index (χ0n) is 17.6. The van der Waals surface area contributed by atoms with Crippen LogP contribution < -0.4 is 14.2 Å². The van der Waals surface area contributed by atoms with E-state index in [1.807, 2.05) is 42.5 Å². The summed E-state index contributed by atoms with van der Waals surface area (Å²) in [6, 6.07) is 17.5. The van der Waals surface area contributed by atoms with Gasteiger partial charge in [0.1, 0.15) is 11.9 Å². The zero-order chi connectivity index (χ0) is 22.4. The number of ether oxygens (including phenoxy) is 3. The van der Waals surface area contributed by atoms with Gasteiger partial charge in [0.25, 0.3) is 5.69 Å². The number of ketones is 1. The van der Waals surface area contributed by atoms with Gasteiger partial charge in [-0.2, -0.15) is 0 Å². The lowest BCUT2D eigenvalue weighted by Crippen LogP contribution is -2.33. The van der Waals surface area contributed by atoms with Crippen molar-refractivity contribution in [1.82, 2.24) is 0 Å². The topological polar surface area (TPSA) is 87.9 Å². The summed E-state index contributed by atoms with van der Waals surface area (Å²) in [5.41, 5.74) is 3.06. The van der Waals surface area contributed by atoms with E-state index in [1.54, 1.807) is 20.3 Å². The second kappa shape index (κ2) is 7.67. The first kappa shape index (κ1) is 20.1. The number of benzene rings is 3. The minimum Gasteiger partial charge on any atom is -0.493 e. The third-order valence-corrected chi connectivity index (χ3v) is 6.36. The molecule has 0 unspecified atom stereocenters. The van der Waals surface area contributed by atoms with Gasteiger partial charge in [-0.25, -0.2) is 0 Å². The lowest BCUT2D eigenvalue weighted by atomic mass is 9.67. The maximum Gasteiger partial charge on any atom is 0.273 e. The highest BCUT2D eigenvalue weighted by molar-refractivity contribution is 6.02. The molecule has 3 aromatic carbocycles. The number of methoxy groups -OCH3 is 2. The van der Waals surface area contributed by atoms with Gasteiger partial charge in [0.05, 0.1) is 31.1 Å². The molecule has 3 atom stereocenters. The van der Waals surface area contributed by atoms with Crippen LogP contribution in [0.5, 0.6) is 17.2 Å². The Bertz CT molecular complexity index is 1220. The highest BCUT2D eigenvalue weighted by atomic mass is 16.6. The normalized spacial score (nSPS) is 20.4. The lowest BCUT2D eigenvalue weighted by Gasteiger charge is -2.42. The van der Waals surface area contributed by atoms with Crippen molar-refractivity contribution in [1.29, 1.82) is 0 Å². The molecule has 7 heteroatoms. The smallest absolute Gasteiger partial charge is 0.273 e. The minimum atomic E-state index is -0.479. The molecule has 0 saturated heterocycles. The molecule has 2 aliphatic rings. The van der Waals surface area contributed by atoms with E-state index in [1.165, 1.54) is 12.1 Å². The van der Waals surface area contributed by atoms with Crippen molar-refractivity contribution in [2.45, 2.75) is 24.4 Å². The second-order valence-corrected chi connectivity index (χ2v) is 7.97. The summed E-state index contributed by atoms with van der Waals surface area (Å²) < 4.78 is 17.2. The Morgan fingerprint density at radius 3 is 2.31 bits per heavy atom. The average molecular weight is 431 g/mol. The number of nitro benzene ring substituents is 1. The molecule has 0 radical (unpaired) electrons. The fourth-order valence-corrected chi connectivity index (χ4v) is 4.89. The van der Waals surface area contributed by atoms with Crippen LogP contribution in [0.2, 0.25) is 0 Å². The van der Waals surface area contributed by atoms with Crippen molar-refractivity contribution in [3.05, 3.63) is 93.0 Å². The predicted octanol–water partition coefficient (Wildman–Crippen LogP) is 5.20. The summed E-state index contributed by atoms with van der Waals surface area (Å²) in [6.45, 7) is 0. The van der Waals surface area contributed by atoms with Crippen molar-refractivity contribution in [3.8, 4) is 17.2 Å². The van der Waals surface area contributed by atoms with E-state index >= 15 is 0 Å². The summed E-state index contributed by atoms with van der Waals surface area (Å²) in [5, 5.41) is 11.3. The molecular weight excluding hydrogens is 410 g/mol. The molecule has 1 aliphatic heterocycles. The van der Waals surface area contributed by atoms with Gasteiger partial charge < -0.3 is 14.2 Å². The number of rotatable bonds is 5. The molecule has 0 fully saturated rings. The molecule has 0 N–H and O–H groups in total. The lowest BCUT2D eigenvalue weighted by molar-refractivity contribution is -0.385. The Labute approximate surface area is 184 Å². The molecule has 5 rings (SSSR count). The number of hydrogen-bond donors (Lipinski definition) is 0. The maximum absolute atomic E-state index is 13.8. The molecule has 32 heavy (non-hydrogen) atoms. The number of carbonyl (C=O) groups excluding carboxylic acids is 1. The van der Waals surface area contributed by atoms with Crippen LogP contribution in [-0.4, -0.2) is 24.9 Å². The van der Waals surface area contributed by atoms with E-state index in [9.17, 15) is 14.9 Å². The molecule has 1 aliphatic carbocycles. The van der Waals surface area contributed by atoms with E-state index in [4.69, 9.17) is 14.2 Å². The quantitative estimate of drug-likeness (QED) is 0.313. The molecule has 0 saturated carbocycles. The van der Waals surface area contributed by atoms with E-state index in [2.05, 4.69) is 0 Å². The fourth-order valence-electron chi connectivity index (χ4n) is 4.89. The van der Waals surface area contributed by atoms with Crippen molar-refractivity contribution in [2.75, 3.05) is 14.2 Å². The molecule has 7 nitrogen and oxygen atoms in total. The van der Waals surface area contributed by atoms with Crippen LogP contribution in [-0.2, 0) is 0 Å². The summed E-state index contributed by atoms with van der Waals surface area (Å²) in [6.07, 6.45) is 0.250. The van der Waals surface area contributed by atoms with Gasteiger partial charge in [-0.05, 0) is 35.7 Å². The van der Waals surface area contributed by atoms with E-state index in [-0.39, 0.29) is 23.5 Å². The van der Waals surface area contributed by atoms with Gasteiger partial charge in [-0.1, -0.05) is 30.3 Å². The number of hydrogen-bond acceptors (Lipinski definition) is 6. The van der Waals surface area contributed by atoms with Crippen LogP contribution >= 0.6 is 0 Å². The number of nitrogens with zero attached hydrogens (tertiary/aromatic N) is 1. The van der Waals surface area contributed by atoms with E-state index < -0.39 is 10.8 Å². The second-order valence-electron chi connectivity index (χ2n) is 7.97. The standard InChI is InChI=1S/C25H21NO6/c1-30-22-11-17-19(13-23(22)31-2)24(25(27)14-6-4-3-5-7-14)18-12-21(17)32-20-10-15(26(28)29)8-9-16(18)20/h3-11,13,18,21,24H,12H2,1-2H3/t18-,21-,24-/m0/s1. The Kier molecular flexibility index (Phi) is 4.81. The van der Waals surface area contributed by atoms with Crippen LogP contribution in [0.1, 0.15) is 51.4 Å². The van der Waals surface area contributed by atoms with Crippen molar-refractivity contribution >= 4 is 11.5 Å². The molecule has 162 valence electrons. The fraction of sp³-hybridized carbons (Fsp3) is 0.240. The molecule has 1 heterocycles. The third-order valence-electron chi connectivity index (χ3n) is 6.36. The zero-order valence-corrected chi connectivity index (χ0v) is 17.6. The van der Waals surface area contributed by atoms with Gasteiger partial charge in [0.2, 0.25) is 0 Å². The van der Waals surface area contributed by atoms with Crippen LogP contribution in [0.4, 0.5) is 5.69 Å². The summed E-state index contributed by atoms with van der Waals surface area (Å²) in [7, 11) is 3.12. The number of nitro groups is 1. The number of carbonyl (C=O) groups is 1. The van der Waals surface area contributed by atoms with E-state index in [0.29, 0.717) is 29.2 Å². The highest BCUT2D eigenvalue weighted by Gasteiger charge is 2.45. The van der Waals surface area contributed by atoms with Crippen molar-refractivity contribution in [3.63, 3.8) is 0 Å². The molecular formula is C25H21NO6. The summed E-state index contributed by atoms with van der Waals surface area (Å²) >= 11 is 0. The van der Waals surface area contributed by atoms with Gasteiger partial charge in [0, 0.05) is 23.1 Å².